The van der Waals surface area contributed by atoms with Gasteiger partial charge in [0, 0.05) is 45.4 Å². The van der Waals surface area contributed by atoms with E-state index in [1.807, 2.05) is 100 Å². The fourth-order valence-corrected chi connectivity index (χ4v) is 7.41. The number of hydrogen-bond acceptors (Lipinski definition) is 4. The summed E-state index contributed by atoms with van der Waals surface area (Å²) in [5, 5.41) is 2.32. The molecule has 0 spiro atoms. The van der Waals surface area contributed by atoms with Gasteiger partial charge in [-0.15, -0.1) is 0 Å². The van der Waals surface area contributed by atoms with Crippen molar-refractivity contribution in [1.29, 1.82) is 0 Å². The van der Waals surface area contributed by atoms with Crippen LogP contribution in [0, 0.1) is 0 Å². The minimum absolute atomic E-state index is 0.193. The molecule has 0 bridgehead atoms. The third-order valence-electron chi connectivity index (χ3n) is 9.56. The van der Waals surface area contributed by atoms with Gasteiger partial charge in [0.05, 0.1) is 5.54 Å². The van der Waals surface area contributed by atoms with E-state index in [0.29, 0.717) is 11.1 Å². The second kappa shape index (κ2) is 18.8. The number of carbonyl (C=O) groups excluding carboxylic acids is 1. The molecule has 2 saturated heterocycles. The topological polar surface area (TPSA) is 45.1 Å². The van der Waals surface area contributed by atoms with Crippen molar-refractivity contribution in [2.24, 2.45) is 4.99 Å². The lowest BCUT2D eigenvalue weighted by Crippen LogP contribution is -2.45. The summed E-state index contributed by atoms with van der Waals surface area (Å²) in [6.45, 7) is 21.6. The van der Waals surface area contributed by atoms with Gasteiger partial charge in [-0.25, -0.2) is 4.79 Å². The fraction of sp³-hybridized carbons (Fsp3) is 0.524. The Hall–Kier alpha value is -2.57. The number of benzene rings is 3. The highest BCUT2D eigenvalue weighted by Crippen LogP contribution is 2.41. The van der Waals surface area contributed by atoms with Gasteiger partial charge in [-0.3, -0.25) is 14.8 Å². The first-order valence-corrected chi connectivity index (χ1v) is 19.3. The first-order valence-electron chi connectivity index (χ1n) is 18.2. The molecule has 3 heterocycles. The summed E-state index contributed by atoms with van der Waals surface area (Å²) in [6.07, 6.45) is 6.52. The molecule has 0 aromatic heterocycles. The number of aliphatic imine (C=N–C) groups is 1. The minimum Gasteiger partial charge on any atom is -0.444 e. The van der Waals surface area contributed by atoms with E-state index in [0.717, 1.165) is 48.0 Å². The molecule has 5 nitrogen and oxygen atoms in total. The summed E-state index contributed by atoms with van der Waals surface area (Å²) in [6, 6.07) is 24.6. The Bertz CT molecular complexity index is 1520. The van der Waals surface area contributed by atoms with E-state index in [1.54, 1.807) is 0 Å². The number of likely N-dealkylation sites (tertiary alicyclic amines) is 2. The largest absolute Gasteiger partial charge is 0.444 e. The molecule has 0 N–H and O–H groups in total. The second-order valence-corrected chi connectivity index (χ2v) is 15.9. The van der Waals surface area contributed by atoms with Gasteiger partial charge in [0.15, 0.2) is 0 Å². The molecule has 3 aliphatic heterocycles. The normalized spacial score (nSPS) is 21.7. The van der Waals surface area contributed by atoms with Crippen molar-refractivity contribution in [3.05, 3.63) is 105 Å². The number of halogens is 3. The molecule has 6 rings (SSSR count). The average Bonchev–Trinajstić information content (AvgIpc) is 3.84. The fourth-order valence-electron chi connectivity index (χ4n) is 7.03. The molecular formula is C42H58Cl3N3O2. The average molecular weight is 743 g/mol. The highest BCUT2D eigenvalue weighted by atomic mass is 35.5. The standard InChI is InChI=1S/C16H22ClNO2.C14H20ClN.C10H10ClN.C2H6/c1-15(2,3)20-14(19)18-11-5-10-16(18,4)12-6-8-13(17)9-7-12;1-11(2)16-10-4-9-14(16,3)12-5-7-13(15)8-6-12;11-9-5-3-8(4-6-9)10-2-1-7-12-10;1-2/h6-9H,5,10-11H2,1-4H3;5-8,11H,4,9-10H2,1-3H3;3-6H,1-2,7H2;1-2H3. The molecular weight excluding hydrogens is 685 g/mol. The Kier molecular flexibility index (Phi) is 15.7. The van der Waals surface area contributed by atoms with E-state index in [9.17, 15) is 4.79 Å². The molecule has 274 valence electrons. The molecule has 0 radical (unpaired) electrons. The lowest BCUT2D eigenvalue weighted by Gasteiger charge is -2.38. The molecule has 3 aliphatic rings. The molecule has 1 amide bonds. The van der Waals surface area contributed by atoms with Crippen molar-refractivity contribution in [2.75, 3.05) is 19.6 Å². The second-order valence-electron chi connectivity index (χ2n) is 14.6. The van der Waals surface area contributed by atoms with Gasteiger partial charge in [-0.05, 0) is 147 Å². The molecule has 8 heteroatoms. The number of nitrogens with zero attached hydrogens (tertiary/aromatic N) is 3. The monoisotopic (exact) mass is 741 g/mol. The third kappa shape index (κ3) is 11.2. The molecule has 2 fully saturated rings. The molecule has 0 saturated carbocycles. The van der Waals surface area contributed by atoms with Crippen LogP contribution in [0.1, 0.15) is 118 Å². The van der Waals surface area contributed by atoms with Crippen molar-refractivity contribution in [3.63, 3.8) is 0 Å². The lowest BCUT2D eigenvalue weighted by molar-refractivity contribution is 0.00993. The molecule has 50 heavy (non-hydrogen) atoms. The summed E-state index contributed by atoms with van der Waals surface area (Å²) in [4.78, 5) is 21.2. The summed E-state index contributed by atoms with van der Waals surface area (Å²) in [7, 11) is 0. The Morgan fingerprint density at radius 1 is 0.740 bits per heavy atom. The zero-order valence-corrected chi connectivity index (χ0v) is 33.9. The Morgan fingerprint density at radius 2 is 1.20 bits per heavy atom. The van der Waals surface area contributed by atoms with Crippen LogP contribution in [0.4, 0.5) is 4.79 Å². The number of carbonyl (C=O) groups is 1. The van der Waals surface area contributed by atoms with Crippen LogP contribution in [-0.4, -0.2) is 52.9 Å². The maximum atomic E-state index is 12.4. The Morgan fingerprint density at radius 3 is 1.66 bits per heavy atom. The van der Waals surface area contributed by atoms with Gasteiger partial charge in [-0.2, -0.15) is 0 Å². The molecule has 0 aliphatic carbocycles. The summed E-state index contributed by atoms with van der Waals surface area (Å²) in [5.74, 6) is 0. The van der Waals surface area contributed by atoms with Gasteiger partial charge in [-0.1, -0.05) is 85.0 Å². The molecule has 2 atom stereocenters. The van der Waals surface area contributed by atoms with Crippen LogP contribution in [0.5, 0.6) is 0 Å². The van der Waals surface area contributed by atoms with E-state index in [-0.39, 0.29) is 17.2 Å². The van der Waals surface area contributed by atoms with Crippen LogP contribution in [0.3, 0.4) is 0 Å². The minimum atomic E-state index is -0.472. The highest BCUT2D eigenvalue weighted by Gasteiger charge is 2.43. The third-order valence-corrected chi connectivity index (χ3v) is 10.3. The first kappa shape index (κ1) is 41.8. The van der Waals surface area contributed by atoms with Crippen LogP contribution in [-0.2, 0) is 15.8 Å². The highest BCUT2D eigenvalue weighted by molar-refractivity contribution is 6.31. The zero-order chi connectivity index (χ0) is 37.1. The van der Waals surface area contributed by atoms with Crippen molar-refractivity contribution in [1.82, 2.24) is 9.80 Å². The van der Waals surface area contributed by atoms with E-state index >= 15 is 0 Å². The van der Waals surface area contributed by atoms with Gasteiger partial charge in [0.1, 0.15) is 5.60 Å². The molecule has 3 aromatic carbocycles. The number of hydrogen-bond donors (Lipinski definition) is 0. The van der Waals surface area contributed by atoms with Gasteiger partial charge < -0.3 is 4.74 Å². The van der Waals surface area contributed by atoms with E-state index < -0.39 is 5.60 Å². The van der Waals surface area contributed by atoms with E-state index in [1.165, 1.54) is 42.6 Å². The van der Waals surface area contributed by atoms with Crippen LogP contribution in [0.15, 0.2) is 77.8 Å². The van der Waals surface area contributed by atoms with Crippen molar-refractivity contribution >= 4 is 46.6 Å². The maximum absolute atomic E-state index is 12.4. The predicted octanol–water partition coefficient (Wildman–Crippen LogP) is 12.6. The van der Waals surface area contributed by atoms with Crippen LogP contribution >= 0.6 is 34.8 Å². The maximum Gasteiger partial charge on any atom is 0.411 e. The molecule has 2 unspecified atom stereocenters. The smallest absolute Gasteiger partial charge is 0.411 e. The molecule has 3 aromatic rings. The number of ether oxygens (including phenoxy) is 1. The van der Waals surface area contributed by atoms with Crippen LogP contribution in [0.2, 0.25) is 15.1 Å². The van der Waals surface area contributed by atoms with Crippen LogP contribution < -0.4 is 0 Å². The van der Waals surface area contributed by atoms with E-state index in [2.05, 4.69) is 49.7 Å². The summed E-state index contributed by atoms with van der Waals surface area (Å²) in [5.41, 5.74) is 4.35. The Labute approximate surface area is 317 Å². The quantitative estimate of drug-likeness (QED) is 0.267. The van der Waals surface area contributed by atoms with Gasteiger partial charge >= 0.3 is 6.09 Å². The van der Waals surface area contributed by atoms with Crippen molar-refractivity contribution < 1.29 is 9.53 Å². The van der Waals surface area contributed by atoms with E-state index in [4.69, 9.17) is 39.5 Å². The number of rotatable bonds is 4. The van der Waals surface area contributed by atoms with Crippen molar-refractivity contribution in [2.45, 2.75) is 124 Å². The summed E-state index contributed by atoms with van der Waals surface area (Å²) >= 11 is 17.7. The Balaban J connectivity index is 0.000000203. The first-order chi connectivity index (χ1) is 23.6. The summed E-state index contributed by atoms with van der Waals surface area (Å²) < 4.78 is 5.52. The van der Waals surface area contributed by atoms with Crippen LogP contribution in [0.25, 0.3) is 0 Å². The van der Waals surface area contributed by atoms with Gasteiger partial charge in [0.2, 0.25) is 0 Å². The number of amides is 1. The SMILES string of the molecule is CC.CC(C)(C)OC(=O)N1CCCC1(C)c1ccc(Cl)cc1.CC(C)N1CCCC1(C)c1ccc(Cl)cc1.Clc1ccc(C2=NCCC2)cc1. The zero-order valence-electron chi connectivity index (χ0n) is 31.7. The predicted molar refractivity (Wildman–Crippen MR) is 214 cm³/mol. The van der Waals surface area contributed by atoms with Gasteiger partial charge in [0.25, 0.3) is 0 Å². The van der Waals surface area contributed by atoms with Crippen molar-refractivity contribution in [3.8, 4) is 0 Å². The lowest BCUT2D eigenvalue weighted by atomic mass is 9.88.